The molecule has 1 amide bonds. The average molecular weight is 373 g/mol. The third-order valence-corrected chi connectivity index (χ3v) is 4.51. The monoisotopic (exact) mass is 373 g/mol. The van der Waals surface area contributed by atoms with Gasteiger partial charge in [0.05, 0.1) is 5.75 Å². The molecule has 1 aromatic carbocycles. The van der Waals surface area contributed by atoms with Gasteiger partial charge in [-0.3, -0.25) is 9.59 Å². The fourth-order valence-corrected chi connectivity index (χ4v) is 3.13. The van der Waals surface area contributed by atoms with Crippen molar-refractivity contribution in [1.82, 2.24) is 9.97 Å². The van der Waals surface area contributed by atoms with Crippen LogP contribution in [-0.2, 0) is 14.3 Å². The van der Waals surface area contributed by atoms with Crippen molar-refractivity contribution in [2.24, 2.45) is 0 Å². The number of benzene rings is 1. The van der Waals surface area contributed by atoms with E-state index < -0.39 is 12.1 Å². The third-order valence-electron chi connectivity index (χ3n) is 3.69. The van der Waals surface area contributed by atoms with E-state index in [1.807, 2.05) is 52.0 Å². The van der Waals surface area contributed by atoms with Crippen molar-refractivity contribution >= 4 is 29.3 Å². The normalized spacial score (nSPS) is 11.7. The molecular formula is C19H23N3O3S. The van der Waals surface area contributed by atoms with E-state index in [9.17, 15) is 9.59 Å². The van der Waals surface area contributed by atoms with E-state index in [1.54, 1.807) is 6.92 Å². The van der Waals surface area contributed by atoms with Gasteiger partial charge in [0.2, 0.25) is 0 Å². The predicted octanol–water partition coefficient (Wildman–Crippen LogP) is 3.37. The molecule has 0 spiro atoms. The summed E-state index contributed by atoms with van der Waals surface area (Å²) in [7, 11) is 0. The maximum Gasteiger partial charge on any atom is 0.317 e. The summed E-state index contributed by atoms with van der Waals surface area (Å²) >= 11 is 1.19. The summed E-state index contributed by atoms with van der Waals surface area (Å²) in [6.45, 7) is 9.13. The van der Waals surface area contributed by atoms with Gasteiger partial charge in [-0.1, -0.05) is 30.0 Å². The Labute approximate surface area is 157 Å². The highest BCUT2D eigenvalue weighted by atomic mass is 32.2. The zero-order valence-corrected chi connectivity index (χ0v) is 16.4. The van der Waals surface area contributed by atoms with Crippen molar-refractivity contribution in [2.45, 2.75) is 45.9 Å². The number of para-hydroxylation sites is 1. The van der Waals surface area contributed by atoms with Crippen LogP contribution in [0.1, 0.15) is 29.4 Å². The molecule has 26 heavy (non-hydrogen) atoms. The quantitative estimate of drug-likeness (QED) is 0.475. The topological polar surface area (TPSA) is 81.2 Å². The molecule has 0 aliphatic rings. The molecule has 2 aromatic rings. The second-order valence-corrected chi connectivity index (χ2v) is 7.05. The lowest BCUT2D eigenvalue weighted by atomic mass is 10.1. The Morgan fingerprint density at radius 2 is 1.69 bits per heavy atom. The van der Waals surface area contributed by atoms with Gasteiger partial charge < -0.3 is 10.1 Å². The zero-order chi connectivity index (χ0) is 19.3. The van der Waals surface area contributed by atoms with Gasteiger partial charge in [0.25, 0.3) is 5.91 Å². The average Bonchev–Trinajstić information content (AvgIpc) is 2.55. The highest BCUT2D eigenvalue weighted by Gasteiger charge is 2.19. The number of ether oxygens (including phenoxy) is 1. The van der Waals surface area contributed by atoms with E-state index in [2.05, 4.69) is 15.3 Å². The highest BCUT2D eigenvalue weighted by Crippen LogP contribution is 2.20. The van der Waals surface area contributed by atoms with Crippen LogP contribution >= 0.6 is 11.8 Å². The van der Waals surface area contributed by atoms with Crippen LogP contribution in [0.15, 0.2) is 29.4 Å². The van der Waals surface area contributed by atoms with E-state index in [4.69, 9.17) is 4.74 Å². The molecule has 0 bridgehead atoms. The van der Waals surface area contributed by atoms with Crippen LogP contribution in [-0.4, -0.2) is 33.7 Å². The molecule has 0 aliphatic carbocycles. The summed E-state index contributed by atoms with van der Waals surface area (Å²) in [6.07, 6.45) is -0.887. The van der Waals surface area contributed by atoms with Crippen molar-refractivity contribution in [3.8, 4) is 0 Å². The molecule has 1 atom stereocenters. The molecule has 0 fully saturated rings. The predicted molar refractivity (Wildman–Crippen MR) is 102 cm³/mol. The minimum absolute atomic E-state index is 0.0455. The molecule has 0 radical (unpaired) electrons. The second kappa shape index (κ2) is 8.80. The van der Waals surface area contributed by atoms with Gasteiger partial charge in [-0.25, -0.2) is 9.97 Å². The summed E-state index contributed by atoms with van der Waals surface area (Å²) in [5.74, 6) is -0.797. The number of aromatic nitrogens is 2. The number of nitrogens with zero attached hydrogens (tertiary/aromatic N) is 2. The van der Waals surface area contributed by atoms with Gasteiger partial charge in [-0.15, -0.1) is 0 Å². The van der Waals surface area contributed by atoms with Gasteiger partial charge in [0.15, 0.2) is 11.3 Å². The van der Waals surface area contributed by atoms with Crippen molar-refractivity contribution in [1.29, 1.82) is 0 Å². The Morgan fingerprint density at radius 3 is 2.27 bits per heavy atom. The van der Waals surface area contributed by atoms with Crippen molar-refractivity contribution in [3.63, 3.8) is 0 Å². The number of amides is 1. The molecule has 138 valence electrons. The number of rotatable bonds is 6. The summed E-state index contributed by atoms with van der Waals surface area (Å²) < 4.78 is 5.22. The fraction of sp³-hybridized carbons (Fsp3) is 0.368. The Morgan fingerprint density at radius 1 is 1.12 bits per heavy atom. The Hall–Kier alpha value is -2.41. The molecule has 1 N–H and O–H groups in total. The highest BCUT2D eigenvalue weighted by molar-refractivity contribution is 7.99. The van der Waals surface area contributed by atoms with Crippen LogP contribution in [0.4, 0.5) is 5.69 Å². The van der Waals surface area contributed by atoms with E-state index in [0.717, 1.165) is 28.2 Å². The van der Waals surface area contributed by atoms with Gasteiger partial charge in [0, 0.05) is 17.1 Å². The van der Waals surface area contributed by atoms with E-state index in [-0.39, 0.29) is 11.7 Å². The molecule has 7 heteroatoms. The number of carbonyl (C=O) groups is 2. The first kappa shape index (κ1) is 19.9. The van der Waals surface area contributed by atoms with Gasteiger partial charge in [-0.05, 0) is 51.8 Å². The van der Waals surface area contributed by atoms with Crippen molar-refractivity contribution in [2.75, 3.05) is 11.1 Å². The van der Waals surface area contributed by atoms with Crippen molar-refractivity contribution < 1.29 is 14.3 Å². The van der Waals surface area contributed by atoms with Gasteiger partial charge in [0.1, 0.15) is 0 Å². The minimum Gasteiger partial charge on any atom is -0.452 e. The maximum absolute atomic E-state index is 12.3. The molecule has 0 aliphatic heterocycles. The molecule has 0 unspecified atom stereocenters. The smallest absolute Gasteiger partial charge is 0.317 e. The fourth-order valence-electron chi connectivity index (χ4n) is 2.40. The van der Waals surface area contributed by atoms with Crippen LogP contribution < -0.4 is 5.32 Å². The molecule has 1 heterocycles. The lowest BCUT2D eigenvalue weighted by molar-refractivity contribution is -0.150. The maximum atomic E-state index is 12.3. The molecule has 1 aromatic heterocycles. The largest absolute Gasteiger partial charge is 0.452 e. The molecule has 0 saturated heterocycles. The lowest BCUT2D eigenvalue weighted by Crippen LogP contribution is -2.31. The third kappa shape index (κ3) is 5.56. The van der Waals surface area contributed by atoms with Crippen LogP contribution in [0.3, 0.4) is 0 Å². The second-order valence-electron chi connectivity index (χ2n) is 6.11. The van der Waals surface area contributed by atoms with E-state index >= 15 is 0 Å². The van der Waals surface area contributed by atoms with Gasteiger partial charge >= 0.3 is 5.97 Å². The summed E-state index contributed by atoms with van der Waals surface area (Å²) in [5.41, 5.74) is 4.35. The minimum atomic E-state index is -0.887. The molecular weight excluding hydrogens is 350 g/mol. The standard InChI is InChI=1S/C19H23N3O3S/c1-11-7-6-8-12(2)17(11)22-18(24)15(5)25-16(23)10-26-19-20-13(3)9-14(4)21-19/h6-9,15H,10H2,1-5H3,(H,22,24)/t15-/m1/s1. The Kier molecular flexibility index (Phi) is 6.74. The Bertz CT molecular complexity index is 783. The number of thioether (sulfide) groups is 1. The zero-order valence-electron chi connectivity index (χ0n) is 15.6. The van der Waals surface area contributed by atoms with Crippen LogP contribution in [0.5, 0.6) is 0 Å². The van der Waals surface area contributed by atoms with Crippen LogP contribution in [0.25, 0.3) is 0 Å². The Balaban J connectivity index is 1.89. The first-order valence-corrected chi connectivity index (χ1v) is 9.26. The number of hydrogen-bond acceptors (Lipinski definition) is 6. The number of nitrogens with one attached hydrogen (secondary N) is 1. The van der Waals surface area contributed by atoms with Crippen LogP contribution in [0.2, 0.25) is 0 Å². The number of anilines is 1. The van der Waals surface area contributed by atoms with E-state index in [1.165, 1.54) is 11.8 Å². The lowest BCUT2D eigenvalue weighted by Gasteiger charge is -2.16. The molecule has 0 saturated carbocycles. The van der Waals surface area contributed by atoms with Crippen LogP contribution in [0, 0.1) is 27.7 Å². The molecule has 2 rings (SSSR count). The number of esters is 1. The number of aryl methyl sites for hydroxylation is 4. The first-order chi connectivity index (χ1) is 12.3. The van der Waals surface area contributed by atoms with Crippen molar-refractivity contribution in [3.05, 3.63) is 46.8 Å². The summed E-state index contributed by atoms with van der Waals surface area (Å²) in [6, 6.07) is 7.62. The number of hydrogen-bond donors (Lipinski definition) is 1. The summed E-state index contributed by atoms with van der Waals surface area (Å²) in [5, 5.41) is 3.35. The van der Waals surface area contributed by atoms with E-state index in [0.29, 0.717) is 5.16 Å². The van der Waals surface area contributed by atoms with Gasteiger partial charge in [-0.2, -0.15) is 0 Å². The summed E-state index contributed by atoms with van der Waals surface area (Å²) in [4.78, 5) is 32.8. The first-order valence-electron chi connectivity index (χ1n) is 8.28. The number of carbonyl (C=O) groups excluding carboxylic acids is 2. The molecule has 6 nitrogen and oxygen atoms in total. The SMILES string of the molecule is Cc1cc(C)nc(SCC(=O)O[C@H](C)C(=O)Nc2c(C)cccc2C)n1.